The Morgan fingerprint density at radius 2 is 0.812 bits per heavy atom. The lowest BCUT2D eigenvalue weighted by atomic mass is 9.98. The van der Waals surface area contributed by atoms with Crippen LogP contribution in [-0.2, 0) is 14.3 Å². The molecule has 1 aliphatic heterocycles. The summed E-state index contributed by atoms with van der Waals surface area (Å²) in [4.78, 5) is 13.0. The Kier molecular flexibility index (Phi) is 42.7. The van der Waals surface area contributed by atoms with Crippen molar-refractivity contribution in [1.82, 2.24) is 5.32 Å². The summed E-state index contributed by atoms with van der Waals surface area (Å²) in [5.74, 6) is -0.254. The third-order valence-electron chi connectivity index (χ3n) is 13.8. The molecule has 382 valence electrons. The van der Waals surface area contributed by atoms with E-state index in [0.29, 0.717) is 6.42 Å². The van der Waals surface area contributed by atoms with E-state index in [1.807, 2.05) is 0 Å². The summed E-state index contributed by atoms with van der Waals surface area (Å²) < 4.78 is 11.2. The SMILES string of the molecule is CCCCCCCCCCCCCCCCCCCCCCCCCCCCCCCCCC(=O)N[C@@H](CO[C@@H]1O[C@H](CO)[C@@H](O)C(O)C1O)[C@H](O)[C@H](O)CCCCCCCCCC. The standard InChI is InChI=1S/C54H107NO9/c1-3-5-7-9-11-13-14-15-16-17-18-19-20-21-22-23-24-25-26-27-28-29-30-31-32-33-34-35-37-39-41-43-49(58)55-46(45-63-54-53(62)52(61)51(60)48(44-56)64-54)50(59)47(57)42-40-38-36-12-10-8-6-4-2/h46-48,50-54,56-57,59-62H,3-45H2,1-2H3,(H,55,58)/t46-,47+,48+,50-,51+,52?,53?,54+/m0/s1. The van der Waals surface area contributed by atoms with Crippen LogP contribution >= 0.6 is 0 Å². The van der Waals surface area contributed by atoms with Crippen molar-refractivity contribution in [1.29, 1.82) is 0 Å². The molecule has 0 bridgehead atoms. The van der Waals surface area contributed by atoms with Gasteiger partial charge in [-0.15, -0.1) is 0 Å². The van der Waals surface area contributed by atoms with Crippen LogP contribution in [0.25, 0.3) is 0 Å². The summed E-state index contributed by atoms with van der Waals surface area (Å²) in [5.41, 5.74) is 0. The molecular weight excluding hydrogens is 807 g/mol. The topological polar surface area (TPSA) is 169 Å². The number of aliphatic hydroxyl groups is 6. The number of aliphatic hydroxyl groups excluding tert-OH is 6. The predicted octanol–water partition coefficient (Wildman–Crippen LogP) is 12.0. The van der Waals surface area contributed by atoms with E-state index in [1.165, 1.54) is 205 Å². The summed E-state index contributed by atoms with van der Waals surface area (Å²) in [5, 5.41) is 65.1. The first-order valence-corrected chi connectivity index (χ1v) is 27.8. The quantitative estimate of drug-likeness (QED) is 0.0294. The smallest absolute Gasteiger partial charge is 0.220 e. The average molecular weight is 914 g/mol. The molecule has 0 spiro atoms. The van der Waals surface area contributed by atoms with Crippen molar-refractivity contribution in [2.24, 2.45) is 0 Å². The zero-order valence-corrected chi connectivity index (χ0v) is 41.9. The number of carbonyl (C=O) groups excluding carboxylic acids is 1. The fourth-order valence-electron chi connectivity index (χ4n) is 9.32. The van der Waals surface area contributed by atoms with Crippen LogP contribution in [0.15, 0.2) is 0 Å². The Morgan fingerprint density at radius 3 is 1.16 bits per heavy atom. The number of carbonyl (C=O) groups is 1. The van der Waals surface area contributed by atoms with Crippen molar-refractivity contribution in [3.05, 3.63) is 0 Å². The van der Waals surface area contributed by atoms with Gasteiger partial charge in [0.25, 0.3) is 0 Å². The Morgan fingerprint density at radius 1 is 0.484 bits per heavy atom. The first-order chi connectivity index (χ1) is 31.3. The van der Waals surface area contributed by atoms with Crippen LogP contribution in [0.2, 0.25) is 0 Å². The lowest BCUT2D eigenvalue weighted by Crippen LogP contribution is -2.60. The number of unbranched alkanes of at least 4 members (excludes halogenated alkanes) is 37. The summed E-state index contributed by atoms with van der Waals surface area (Å²) in [7, 11) is 0. The highest BCUT2D eigenvalue weighted by Gasteiger charge is 2.44. The van der Waals surface area contributed by atoms with Gasteiger partial charge in [0, 0.05) is 6.42 Å². The number of nitrogens with one attached hydrogen (secondary N) is 1. The molecule has 1 fully saturated rings. The minimum absolute atomic E-state index is 0.254. The molecule has 1 amide bonds. The third-order valence-corrected chi connectivity index (χ3v) is 13.8. The van der Waals surface area contributed by atoms with Crippen molar-refractivity contribution in [3.8, 4) is 0 Å². The molecule has 0 aromatic rings. The van der Waals surface area contributed by atoms with Crippen molar-refractivity contribution >= 4 is 5.91 Å². The normalized spacial score (nSPS) is 20.4. The molecule has 0 aromatic carbocycles. The van der Waals surface area contributed by atoms with Gasteiger partial charge in [-0.25, -0.2) is 0 Å². The minimum atomic E-state index is -1.60. The summed E-state index contributed by atoms with van der Waals surface area (Å²) in [6, 6.07) is -0.984. The van der Waals surface area contributed by atoms with Crippen molar-refractivity contribution in [2.45, 2.75) is 326 Å². The highest BCUT2D eigenvalue weighted by atomic mass is 16.7. The molecule has 2 unspecified atom stereocenters. The van der Waals surface area contributed by atoms with Crippen LogP contribution in [0.5, 0.6) is 0 Å². The van der Waals surface area contributed by atoms with Crippen LogP contribution in [0.4, 0.5) is 0 Å². The van der Waals surface area contributed by atoms with E-state index >= 15 is 0 Å². The molecule has 1 aliphatic rings. The summed E-state index contributed by atoms with van der Waals surface area (Å²) in [6.45, 7) is 3.60. The van der Waals surface area contributed by atoms with Gasteiger partial charge in [-0.2, -0.15) is 0 Å². The van der Waals surface area contributed by atoms with Gasteiger partial charge in [0.2, 0.25) is 5.91 Å². The monoisotopic (exact) mass is 914 g/mol. The van der Waals surface area contributed by atoms with Gasteiger partial charge >= 0.3 is 0 Å². The van der Waals surface area contributed by atoms with E-state index in [-0.39, 0.29) is 18.9 Å². The molecule has 0 aromatic heterocycles. The molecular formula is C54H107NO9. The van der Waals surface area contributed by atoms with Gasteiger partial charge in [-0.05, 0) is 12.8 Å². The highest BCUT2D eigenvalue weighted by Crippen LogP contribution is 2.23. The van der Waals surface area contributed by atoms with Gasteiger partial charge in [0.05, 0.1) is 25.4 Å². The van der Waals surface area contributed by atoms with Crippen molar-refractivity contribution < 1.29 is 44.9 Å². The highest BCUT2D eigenvalue weighted by molar-refractivity contribution is 5.76. The Hall–Kier alpha value is -0.850. The van der Waals surface area contributed by atoms with E-state index in [2.05, 4.69) is 19.2 Å². The number of hydrogen-bond donors (Lipinski definition) is 7. The minimum Gasteiger partial charge on any atom is -0.394 e. The molecule has 1 heterocycles. The van der Waals surface area contributed by atoms with Gasteiger partial charge in [-0.3, -0.25) is 4.79 Å². The van der Waals surface area contributed by atoms with Crippen LogP contribution in [-0.4, -0.2) is 98.7 Å². The fraction of sp³-hybridized carbons (Fsp3) is 0.981. The Bertz CT molecular complexity index is 988. The lowest BCUT2D eigenvalue weighted by molar-refractivity contribution is -0.303. The second kappa shape index (κ2) is 44.6. The fourth-order valence-corrected chi connectivity index (χ4v) is 9.32. The molecule has 10 heteroatoms. The lowest BCUT2D eigenvalue weighted by Gasteiger charge is -2.40. The zero-order chi connectivity index (χ0) is 46.7. The van der Waals surface area contributed by atoms with E-state index in [1.54, 1.807) is 0 Å². The Balaban J connectivity index is 2.09. The third kappa shape index (κ3) is 33.6. The van der Waals surface area contributed by atoms with Crippen molar-refractivity contribution in [3.63, 3.8) is 0 Å². The second-order valence-electron chi connectivity index (χ2n) is 19.9. The zero-order valence-electron chi connectivity index (χ0n) is 41.9. The van der Waals surface area contributed by atoms with Crippen molar-refractivity contribution in [2.75, 3.05) is 13.2 Å². The molecule has 0 radical (unpaired) electrons. The van der Waals surface area contributed by atoms with Crippen LogP contribution < -0.4 is 5.32 Å². The predicted molar refractivity (Wildman–Crippen MR) is 264 cm³/mol. The molecule has 8 atom stereocenters. The van der Waals surface area contributed by atoms with E-state index < -0.39 is 55.6 Å². The van der Waals surface area contributed by atoms with Gasteiger partial charge < -0.3 is 45.4 Å². The Labute approximate surface area is 394 Å². The van der Waals surface area contributed by atoms with E-state index in [0.717, 1.165) is 44.9 Å². The largest absolute Gasteiger partial charge is 0.394 e. The van der Waals surface area contributed by atoms with Gasteiger partial charge in [0.15, 0.2) is 6.29 Å². The number of hydrogen-bond acceptors (Lipinski definition) is 9. The maximum absolute atomic E-state index is 13.0. The van der Waals surface area contributed by atoms with Crippen LogP contribution in [0.3, 0.4) is 0 Å². The van der Waals surface area contributed by atoms with Gasteiger partial charge in [-0.1, -0.05) is 258 Å². The number of ether oxygens (including phenoxy) is 2. The molecule has 10 nitrogen and oxygen atoms in total. The van der Waals surface area contributed by atoms with E-state index in [9.17, 15) is 35.4 Å². The molecule has 1 saturated heterocycles. The first-order valence-electron chi connectivity index (χ1n) is 27.8. The summed E-state index contributed by atoms with van der Waals surface area (Å²) >= 11 is 0. The average Bonchev–Trinajstić information content (AvgIpc) is 3.29. The maximum Gasteiger partial charge on any atom is 0.220 e. The number of amides is 1. The molecule has 0 aliphatic carbocycles. The molecule has 7 N–H and O–H groups in total. The summed E-state index contributed by atoms with van der Waals surface area (Å²) in [6.07, 6.45) is 41.7. The van der Waals surface area contributed by atoms with Crippen LogP contribution in [0, 0.1) is 0 Å². The van der Waals surface area contributed by atoms with E-state index in [4.69, 9.17) is 9.47 Å². The molecule has 64 heavy (non-hydrogen) atoms. The number of rotatable bonds is 48. The first kappa shape index (κ1) is 61.2. The van der Waals surface area contributed by atoms with Gasteiger partial charge in [0.1, 0.15) is 30.5 Å². The second-order valence-corrected chi connectivity index (χ2v) is 19.9. The maximum atomic E-state index is 13.0. The molecule has 0 saturated carbocycles. The van der Waals surface area contributed by atoms with Crippen LogP contribution in [0.1, 0.15) is 277 Å². The molecule has 1 rings (SSSR count).